The lowest BCUT2D eigenvalue weighted by Gasteiger charge is -2.52. The van der Waals surface area contributed by atoms with Gasteiger partial charge in [0.25, 0.3) is 11.8 Å². The first kappa shape index (κ1) is 27.8. The number of methoxy groups -OCH3 is 1. The molecule has 3 heterocycles. The van der Waals surface area contributed by atoms with Crippen molar-refractivity contribution in [3.05, 3.63) is 83.2 Å². The average molecular weight is 532 g/mol. The molecule has 0 N–H and O–H groups in total. The third-order valence-corrected chi connectivity index (χ3v) is 7.26. The molecule has 0 spiro atoms. The van der Waals surface area contributed by atoms with Crippen LogP contribution in [0.1, 0.15) is 57.5 Å². The van der Waals surface area contributed by atoms with Gasteiger partial charge in [0.1, 0.15) is 11.6 Å². The highest BCUT2D eigenvalue weighted by Crippen LogP contribution is 2.39. The maximum atomic E-state index is 14.2. The van der Waals surface area contributed by atoms with Gasteiger partial charge in [0, 0.05) is 24.7 Å². The zero-order chi connectivity index (χ0) is 27.2. The van der Waals surface area contributed by atoms with Crippen LogP contribution < -0.4 is 4.74 Å². The Balaban J connectivity index is 0.00000353. The number of rotatable bonds is 5. The fourth-order valence-corrected chi connectivity index (χ4v) is 5.07. The van der Waals surface area contributed by atoms with Crippen LogP contribution in [0.4, 0.5) is 4.39 Å². The van der Waals surface area contributed by atoms with Gasteiger partial charge in [0.15, 0.2) is 0 Å². The van der Waals surface area contributed by atoms with E-state index in [1.807, 2.05) is 67.6 Å². The molecule has 1 unspecified atom stereocenters. The number of aromatic nitrogens is 2. The quantitative estimate of drug-likeness (QED) is 0.417. The Morgan fingerprint density at radius 2 is 1.85 bits per heavy atom. The van der Waals surface area contributed by atoms with Crippen LogP contribution in [0.25, 0.3) is 11.8 Å². The lowest BCUT2D eigenvalue weighted by atomic mass is 9.85. The average Bonchev–Trinajstić information content (AvgIpc) is 3.32. The van der Waals surface area contributed by atoms with Crippen molar-refractivity contribution in [2.45, 2.75) is 53.1 Å². The predicted octanol–water partition coefficient (Wildman–Crippen LogP) is 5.32. The molecule has 1 aromatic heterocycles. The summed E-state index contributed by atoms with van der Waals surface area (Å²) < 4.78 is 21.2. The number of amides is 2. The molecule has 0 saturated carbocycles. The minimum absolute atomic E-state index is 0. The molecule has 9 heteroatoms. The van der Waals surface area contributed by atoms with Crippen molar-refractivity contribution >= 4 is 23.8 Å². The van der Waals surface area contributed by atoms with Gasteiger partial charge in [0.05, 0.1) is 36.4 Å². The highest BCUT2D eigenvalue weighted by Gasteiger charge is 2.49. The lowest BCUT2D eigenvalue weighted by molar-refractivity contribution is -0.129. The Labute approximate surface area is 228 Å². The van der Waals surface area contributed by atoms with Crippen LogP contribution >= 0.6 is 0 Å². The molecule has 1 saturated heterocycles. The van der Waals surface area contributed by atoms with Gasteiger partial charge in [0.2, 0.25) is 5.96 Å². The standard InChI is InChI=1S/C29H30FN5O3.CH4/c1-18-16-33(17-31-18)24-11-6-20(15-25(24)38-5)14-23-27(37)35(19(2)21-7-9-22(30)10-8-21)28-32-26(36)12-13-34(28)29(23,3)4;/h6-11,14-17,19H,12-13H2,1-5H3;1H4/b23-14-;. The molecule has 1 atom stereocenters. The van der Waals surface area contributed by atoms with E-state index >= 15 is 0 Å². The van der Waals surface area contributed by atoms with E-state index < -0.39 is 11.6 Å². The number of imidazole rings is 1. The van der Waals surface area contributed by atoms with Crippen LogP contribution in [0.5, 0.6) is 5.75 Å². The summed E-state index contributed by atoms with van der Waals surface area (Å²) in [7, 11) is 1.61. The second-order valence-corrected chi connectivity index (χ2v) is 10.1. The molecule has 2 amide bonds. The first-order valence-electron chi connectivity index (χ1n) is 12.5. The summed E-state index contributed by atoms with van der Waals surface area (Å²) in [6, 6.07) is 11.3. The minimum atomic E-state index is -0.733. The normalized spacial score (nSPS) is 18.4. The van der Waals surface area contributed by atoms with Crippen molar-refractivity contribution in [1.82, 2.24) is 19.4 Å². The number of fused-ring (bicyclic) bond motifs is 1. The third-order valence-electron chi connectivity index (χ3n) is 7.26. The van der Waals surface area contributed by atoms with Gasteiger partial charge in [-0.15, -0.1) is 0 Å². The maximum absolute atomic E-state index is 14.2. The highest BCUT2D eigenvalue weighted by atomic mass is 19.1. The van der Waals surface area contributed by atoms with E-state index in [2.05, 4.69) is 9.98 Å². The van der Waals surface area contributed by atoms with E-state index in [1.54, 1.807) is 30.5 Å². The zero-order valence-electron chi connectivity index (χ0n) is 22.1. The zero-order valence-corrected chi connectivity index (χ0v) is 22.1. The summed E-state index contributed by atoms with van der Waals surface area (Å²) in [5, 5.41) is 0. The second kappa shape index (κ2) is 10.5. The van der Waals surface area contributed by atoms with Crippen molar-refractivity contribution in [2.75, 3.05) is 13.7 Å². The number of halogens is 1. The fourth-order valence-electron chi connectivity index (χ4n) is 5.07. The van der Waals surface area contributed by atoms with Crippen LogP contribution in [0.15, 0.2) is 65.6 Å². The number of aliphatic imine (C=N–C) groups is 1. The van der Waals surface area contributed by atoms with Gasteiger partial charge in [-0.05, 0) is 69.2 Å². The summed E-state index contributed by atoms with van der Waals surface area (Å²) in [6.07, 6.45) is 5.77. The first-order valence-corrected chi connectivity index (χ1v) is 12.5. The molecular weight excluding hydrogens is 497 g/mol. The van der Waals surface area contributed by atoms with E-state index in [-0.39, 0.29) is 31.5 Å². The van der Waals surface area contributed by atoms with Gasteiger partial charge in [-0.2, -0.15) is 4.99 Å². The molecule has 3 aromatic rings. The SMILES string of the molecule is C.COc1cc(/C=C2/C(=O)N(C(C)c3ccc(F)cc3)C3=NC(=O)CCN3C2(C)C)ccc1-n1cnc(C)c1. The van der Waals surface area contributed by atoms with Gasteiger partial charge < -0.3 is 14.2 Å². The predicted molar refractivity (Wildman–Crippen MR) is 149 cm³/mol. The second-order valence-electron chi connectivity index (χ2n) is 10.1. The van der Waals surface area contributed by atoms with Crippen molar-refractivity contribution in [3.8, 4) is 11.4 Å². The lowest BCUT2D eigenvalue weighted by Crippen LogP contribution is -2.65. The fraction of sp³-hybridized carbons (Fsp3) is 0.333. The molecule has 204 valence electrons. The van der Waals surface area contributed by atoms with E-state index in [0.717, 1.165) is 22.5 Å². The van der Waals surface area contributed by atoms with E-state index in [9.17, 15) is 14.0 Å². The van der Waals surface area contributed by atoms with E-state index in [0.29, 0.717) is 23.8 Å². The summed E-state index contributed by atoms with van der Waals surface area (Å²) in [5.74, 6) is 0.0833. The third kappa shape index (κ3) is 4.96. The van der Waals surface area contributed by atoms with E-state index in [4.69, 9.17) is 4.74 Å². The number of hydrogen-bond donors (Lipinski definition) is 0. The summed E-state index contributed by atoms with van der Waals surface area (Å²) in [5.41, 5.74) is 3.07. The number of ether oxygens (including phenoxy) is 1. The number of nitrogens with zero attached hydrogens (tertiary/aromatic N) is 5. The summed E-state index contributed by atoms with van der Waals surface area (Å²) in [6.45, 7) is 8.13. The highest BCUT2D eigenvalue weighted by molar-refractivity contribution is 6.15. The first-order chi connectivity index (χ1) is 18.1. The van der Waals surface area contributed by atoms with Crippen molar-refractivity contribution in [3.63, 3.8) is 0 Å². The number of guanidine groups is 1. The van der Waals surface area contributed by atoms with Crippen LogP contribution in [-0.4, -0.2) is 56.3 Å². The molecule has 8 nitrogen and oxygen atoms in total. The van der Waals surface area contributed by atoms with E-state index in [1.165, 1.54) is 12.1 Å². The largest absolute Gasteiger partial charge is 0.495 e. The summed E-state index contributed by atoms with van der Waals surface area (Å²) in [4.78, 5) is 38.6. The van der Waals surface area contributed by atoms with Crippen molar-refractivity contribution in [1.29, 1.82) is 0 Å². The molecule has 2 aliphatic heterocycles. The Kier molecular flexibility index (Phi) is 7.46. The van der Waals surface area contributed by atoms with Crippen LogP contribution in [0.3, 0.4) is 0 Å². The molecule has 0 radical (unpaired) electrons. The number of carbonyl (C=O) groups is 2. The topological polar surface area (TPSA) is 80.0 Å². The number of benzene rings is 2. The molecule has 1 fully saturated rings. The molecule has 0 bridgehead atoms. The molecule has 5 rings (SSSR count). The molecule has 2 aliphatic rings. The molecular formula is C30H34FN5O3. The monoisotopic (exact) mass is 531 g/mol. The van der Waals surface area contributed by atoms with Crippen LogP contribution in [-0.2, 0) is 9.59 Å². The van der Waals surface area contributed by atoms with Crippen LogP contribution in [0.2, 0.25) is 0 Å². The number of hydrogen-bond acceptors (Lipinski definition) is 5. The smallest absolute Gasteiger partial charge is 0.259 e. The molecule has 0 aliphatic carbocycles. The Morgan fingerprint density at radius 3 is 2.49 bits per heavy atom. The Bertz CT molecular complexity index is 1470. The molecule has 39 heavy (non-hydrogen) atoms. The van der Waals surface area contributed by atoms with Gasteiger partial charge in [-0.25, -0.2) is 9.37 Å². The van der Waals surface area contributed by atoms with Crippen molar-refractivity contribution < 1.29 is 18.7 Å². The van der Waals surface area contributed by atoms with Crippen LogP contribution in [0, 0.1) is 12.7 Å². The van der Waals surface area contributed by atoms with Gasteiger partial charge in [-0.3, -0.25) is 14.5 Å². The minimum Gasteiger partial charge on any atom is -0.495 e. The number of carbonyl (C=O) groups excluding carboxylic acids is 2. The summed E-state index contributed by atoms with van der Waals surface area (Å²) >= 11 is 0. The number of aryl methyl sites for hydroxylation is 1. The Hall–Kier alpha value is -4.27. The molecule has 2 aromatic carbocycles. The Morgan fingerprint density at radius 1 is 1.13 bits per heavy atom. The van der Waals surface area contributed by atoms with Gasteiger partial charge >= 0.3 is 0 Å². The maximum Gasteiger partial charge on any atom is 0.259 e. The van der Waals surface area contributed by atoms with Crippen molar-refractivity contribution in [2.24, 2.45) is 4.99 Å². The van der Waals surface area contributed by atoms with Gasteiger partial charge in [-0.1, -0.05) is 25.6 Å².